The van der Waals surface area contributed by atoms with E-state index in [0.29, 0.717) is 18.3 Å². The molecular weight excluding hydrogens is 262 g/mol. The maximum atomic E-state index is 11.2. The molecule has 5 heteroatoms. The number of thiophene rings is 1. The summed E-state index contributed by atoms with van der Waals surface area (Å²) in [5.41, 5.74) is 0.913. The molecule has 4 nitrogen and oxygen atoms in total. The molecule has 100 valence electrons. The molecule has 0 saturated carbocycles. The van der Waals surface area contributed by atoms with Crippen LogP contribution in [-0.4, -0.2) is 16.1 Å². The molecule has 0 aliphatic rings. The SMILES string of the molecule is CC(C)c1cc(OCc2cccnc2)c(C(=O)O)s1. The first kappa shape index (κ1) is 13.5. The van der Waals surface area contributed by atoms with Crippen molar-refractivity contribution in [1.29, 1.82) is 0 Å². The van der Waals surface area contributed by atoms with Gasteiger partial charge in [-0.05, 0) is 18.1 Å². The van der Waals surface area contributed by atoms with E-state index in [2.05, 4.69) is 4.98 Å². The van der Waals surface area contributed by atoms with Crippen molar-refractivity contribution < 1.29 is 14.6 Å². The Kier molecular flexibility index (Phi) is 4.16. The highest BCUT2D eigenvalue weighted by Gasteiger charge is 2.18. The zero-order chi connectivity index (χ0) is 13.8. The van der Waals surface area contributed by atoms with Crippen LogP contribution in [0.1, 0.15) is 39.9 Å². The number of carboxylic acid groups (broad SMARTS) is 1. The molecule has 0 unspecified atom stereocenters. The summed E-state index contributed by atoms with van der Waals surface area (Å²) < 4.78 is 5.60. The maximum absolute atomic E-state index is 11.2. The number of hydrogen-bond acceptors (Lipinski definition) is 4. The Morgan fingerprint density at radius 2 is 2.32 bits per heavy atom. The monoisotopic (exact) mass is 277 g/mol. The van der Waals surface area contributed by atoms with E-state index in [0.717, 1.165) is 10.4 Å². The predicted octanol–water partition coefficient (Wildman–Crippen LogP) is 3.54. The quantitative estimate of drug-likeness (QED) is 0.908. The first-order valence-electron chi connectivity index (χ1n) is 5.96. The average molecular weight is 277 g/mol. The van der Waals surface area contributed by atoms with E-state index in [4.69, 9.17) is 4.74 Å². The Hall–Kier alpha value is -1.88. The van der Waals surface area contributed by atoms with Crippen molar-refractivity contribution in [2.75, 3.05) is 0 Å². The van der Waals surface area contributed by atoms with Crippen molar-refractivity contribution in [1.82, 2.24) is 4.98 Å². The summed E-state index contributed by atoms with van der Waals surface area (Å²) in [5, 5.41) is 9.18. The first-order chi connectivity index (χ1) is 9.08. The molecule has 0 bridgehead atoms. The molecule has 0 radical (unpaired) electrons. The van der Waals surface area contributed by atoms with E-state index >= 15 is 0 Å². The highest BCUT2D eigenvalue weighted by Crippen LogP contribution is 2.34. The van der Waals surface area contributed by atoms with Gasteiger partial charge in [-0.15, -0.1) is 11.3 Å². The number of hydrogen-bond donors (Lipinski definition) is 1. The number of aromatic nitrogens is 1. The number of rotatable bonds is 5. The van der Waals surface area contributed by atoms with Crippen molar-refractivity contribution in [3.63, 3.8) is 0 Å². The molecule has 0 aliphatic heterocycles. The summed E-state index contributed by atoms with van der Waals surface area (Å²) in [7, 11) is 0. The van der Waals surface area contributed by atoms with Gasteiger partial charge in [-0.1, -0.05) is 19.9 Å². The number of carbonyl (C=O) groups is 1. The predicted molar refractivity (Wildman–Crippen MR) is 73.9 cm³/mol. The van der Waals surface area contributed by atoms with E-state index < -0.39 is 5.97 Å². The minimum Gasteiger partial charge on any atom is -0.487 e. The lowest BCUT2D eigenvalue weighted by Crippen LogP contribution is -2.00. The Balaban J connectivity index is 2.17. The lowest BCUT2D eigenvalue weighted by molar-refractivity contribution is 0.0697. The van der Waals surface area contributed by atoms with Crippen LogP contribution in [0.15, 0.2) is 30.6 Å². The normalized spacial score (nSPS) is 10.7. The number of aromatic carboxylic acids is 1. The van der Waals surface area contributed by atoms with E-state index in [1.54, 1.807) is 12.4 Å². The Labute approximate surface area is 115 Å². The summed E-state index contributed by atoms with van der Waals surface area (Å²) in [6, 6.07) is 5.53. The van der Waals surface area contributed by atoms with Gasteiger partial charge >= 0.3 is 5.97 Å². The third-order valence-electron chi connectivity index (χ3n) is 2.60. The van der Waals surface area contributed by atoms with Crippen LogP contribution < -0.4 is 4.74 Å². The molecule has 0 atom stereocenters. The van der Waals surface area contributed by atoms with E-state index in [1.807, 2.05) is 32.0 Å². The van der Waals surface area contributed by atoms with Crippen LogP contribution in [0.3, 0.4) is 0 Å². The van der Waals surface area contributed by atoms with Gasteiger partial charge in [0, 0.05) is 22.8 Å². The average Bonchev–Trinajstić information content (AvgIpc) is 2.82. The van der Waals surface area contributed by atoms with Gasteiger partial charge in [0.15, 0.2) is 4.88 Å². The van der Waals surface area contributed by atoms with Crippen LogP contribution in [-0.2, 0) is 6.61 Å². The van der Waals surface area contributed by atoms with Crippen molar-refractivity contribution in [3.05, 3.63) is 45.9 Å². The molecule has 0 aromatic carbocycles. The molecule has 0 spiro atoms. The first-order valence-corrected chi connectivity index (χ1v) is 6.78. The zero-order valence-electron chi connectivity index (χ0n) is 10.8. The topological polar surface area (TPSA) is 59.4 Å². The fourth-order valence-electron chi connectivity index (χ4n) is 1.58. The molecule has 0 saturated heterocycles. The Morgan fingerprint density at radius 3 is 2.89 bits per heavy atom. The summed E-state index contributed by atoms with van der Waals surface area (Å²) in [5.74, 6) is -0.220. The van der Waals surface area contributed by atoms with E-state index in [1.165, 1.54) is 11.3 Å². The van der Waals surface area contributed by atoms with Crippen LogP contribution >= 0.6 is 11.3 Å². The summed E-state index contributed by atoms with van der Waals surface area (Å²) in [6.07, 6.45) is 3.39. The second kappa shape index (κ2) is 5.84. The van der Waals surface area contributed by atoms with Gasteiger partial charge in [0.1, 0.15) is 12.4 Å². The van der Waals surface area contributed by atoms with Gasteiger partial charge in [-0.3, -0.25) is 4.98 Å². The highest BCUT2D eigenvalue weighted by atomic mass is 32.1. The van der Waals surface area contributed by atoms with Crippen LogP contribution in [0.5, 0.6) is 5.75 Å². The minimum absolute atomic E-state index is 0.257. The van der Waals surface area contributed by atoms with Crippen molar-refractivity contribution >= 4 is 17.3 Å². The molecule has 1 N–H and O–H groups in total. The van der Waals surface area contributed by atoms with Gasteiger partial charge in [-0.25, -0.2) is 4.79 Å². The molecule has 2 rings (SSSR count). The molecule has 2 heterocycles. The zero-order valence-corrected chi connectivity index (χ0v) is 11.6. The number of nitrogens with zero attached hydrogens (tertiary/aromatic N) is 1. The number of carboxylic acids is 1. The molecule has 19 heavy (non-hydrogen) atoms. The Bertz CT molecular complexity index is 563. The third kappa shape index (κ3) is 3.32. The maximum Gasteiger partial charge on any atom is 0.349 e. The molecule has 2 aromatic heterocycles. The second-order valence-corrected chi connectivity index (χ2v) is 5.54. The van der Waals surface area contributed by atoms with Gasteiger partial charge in [0.25, 0.3) is 0 Å². The molecule has 0 amide bonds. The summed E-state index contributed by atoms with van der Waals surface area (Å²) >= 11 is 1.27. The van der Waals surface area contributed by atoms with Crippen LogP contribution in [0.2, 0.25) is 0 Å². The highest BCUT2D eigenvalue weighted by molar-refractivity contribution is 7.14. The number of pyridine rings is 1. The molecule has 0 fully saturated rings. The fraction of sp³-hybridized carbons (Fsp3) is 0.286. The largest absolute Gasteiger partial charge is 0.487 e. The van der Waals surface area contributed by atoms with E-state index in [-0.39, 0.29) is 4.88 Å². The Morgan fingerprint density at radius 1 is 1.53 bits per heavy atom. The third-order valence-corrected chi connectivity index (χ3v) is 4.00. The summed E-state index contributed by atoms with van der Waals surface area (Å²) in [4.78, 5) is 16.5. The lowest BCUT2D eigenvalue weighted by Gasteiger charge is -2.04. The smallest absolute Gasteiger partial charge is 0.349 e. The van der Waals surface area contributed by atoms with Gasteiger partial charge in [0.2, 0.25) is 0 Å². The van der Waals surface area contributed by atoms with Gasteiger partial charge in [-0.2, -0.15) is 0 Å². The standard InChI is InChI=1S/C14H15NO3S/c1-9(2)12-6-11(13(19-12)14(16)17)18-8-10-4-3-5-15-7-10/h3-7,9H,8H2,1-2H3,(H,16,17). The van der Waals surface area contributed by atoms with Crippen molar-refractivity contribution in [3.8, 4) is 5.75 Å². The van der Waals surface area contributed by atoms with Crippen molar-refractivity contribution in [2.45, 2.75) is 26.4 Å². The lowest BCUT2D eigenvalue weighted by atomic mass is 10.2. The summed E-state index contributed by atoms with van der Waals surface area (Å²) in [6.45, 7) is 4.38. The molecule has 2 aromatic rings. The van der Waals surface area contributed by atoms with E-state index in [9.17, 15) is 9.90 Å². The minimum atomic E-state index is -0.946. The van der Waals surface area contributed by atoms with Crippen LogP contribution in [0.4, 0.5) is 0 Å². The fourth-order valence-corrected chi connectivity index (χ4v) is 2.52. The number of ether oxygens (including phenoxy) is 1. The van der Waals surface area contributed by atoms with Crippen LogP contribution in [0.25, 0.3) is 0 Å². The molecular formula is C14H15NO3S. The molecule has 0 aliphatic carbocycles. The van der Waals surface area contributed by atoms with Crippen molar-refractivity contribution in [2.24, 2.45) is 0 Å². The van der Waals surface area contributed by atoms with Crippen LogP contribution in [0, 0.1) is 0 Å². The second-order valence-electron chi connectivity index (χ2n) is 4.45. The van der Waals surface area contributed by atoms with Gasteiger partial charge < -0.3 is 9.84 Å². The van der Waals surface area contributed by atoms with Gasteiger partial charge in [0.05, 0.1) is 0 Å².